The van der Waals surface area contributed by atoms with E-state index in [1.54, 1.807) is 24.3 Å². The molecule has 3 aromatic rings. The fraction of sp³-hybridized carbons (Fsp3) is 0.263. The van der Waals surface area contributed by atoms with Crippen LogP contribution in [0.4, 0.5) is 5.69 Å². The van der Waals surface area contributed by atoms with Gasteiger partial charge in [-0.25, -0.2) is 12.4 Å². The summed E-state index contributed by atoms with van der Waals surface area (Å²) < 4.78 is 28.5. The number of hydrogen-bond acceptors (Lipinski definition) is 4. The van der Waals surface area contributed by atoms with Gasteiger partial charge >= 0.3 is 0 Å². The lowest BCUT2D eigenvalue weighted by atomic mass is 10.2. The van der Waals surface area contributed by atoms with E-state index in [1.807, 2.05) is 24.3 Å². The van der Waals surface area contributed by atoms with Crippen molar-refractivity contribution < 1.29 is 8.42 Å². The molecule has 0 spiro atoms. The number of hydrogen-bond donors (Lipinski definition) is 0. The van der Waals surface area contributed by atoms with E-state index in [0.29, 0.717) is 8.60 Å². The lowest BCUT2D eigenvalue weighted by molar-refractivity contribution is 0.313. The Balaban J connectivity index is 1.86. The van der Waals surface area contributed by atoms with Crippen LogP contribution in [0.1, 0.15) is 0 Å². The molecule has 0 aliphatic carbocycles. The highest BCUT2D eigenvalue weighted by atomic mass is 127. The van der Waals surface area contributed by atoms with Crippen LogP contribution in [0.25, 0.3) is 10.9 Å². The molecule has 0 radical (unpaired) electrons. The van der Waals surface area contributed by atoms with Gasteiger partial charge < -0.3 is 9.80 Å². The molecule has 1 aromatic heterocycles. The number of piperazine rings is 1. The third kappa shape index (κ3) is 3.01. The SMILES string of the molecule is CN1CCN(c2cccc3c2cc(I)n3S(=O)(=O)c2ccccc2)CC1. The molecule has 1 saturated heterocycles. The first-order chi connectivity index (χ1) is 12.5. The predicted octanol–water partition coefficient (Wildman–Crippen LogP) is 3.23. The topological polar surface area (TPSA) is 45.5 Å². The lowest BCUT2D eigenvalue weighted by Crippen LogP contribution is -2.44. The minimum atomic E-state index is -3.63. The van der Waals surface area contributed by atoms with Crippen LogP contribution in [0.5, 0.6) is 0 Å². The van der Waals surface area contributed by atoms with Gasteiger partial charge in [0.2, 0.25) is 0 Å². The van der Waals surface area contributed by atoms with Crippen LogP contribution in [0, 0.1) is 3.70 Å². The molecule has 26 heavy (non-hydrogen) atoms. The number of anilines is 1. The monoisotopic (exact) mass is 481 g/mol. The van der Waals surface area contributed by atoms with E-state index in [4.69, 9.17) is 0 Å². The summed E-state index contributed by atoms with van der Waals surface area (Å²) in [5.41, 5.74) is 1.84. The van der Waals surface area contributed by atoms with E-state index in [-0.39, 0.29) is 0 Å². The van der Waals surface area contributed by atoms with Crippen LogP contribution < -0.4 is 4.90 Å². The zero-order valence-corrected chi connectivity index (χ0v) is 17.4. The minimum absolute atomic E-state index is 0.306. The van der Waals surface area contributed by atoms with Crippen molar-refractivity contribution in [3.8, 4) is 0 Å². The average molecular weight is 481 g/mol. The Morgan fingerprint density at radius 1 is 0.923 bits per heavy atom. The number of rotatable bonds is 3. The molecular weight excluding hydrogens is 461 g/mol. The second kappa shape index (κ2) is 6.86. The van der Waals surface area contributed by atoms with E-state index < -0.39 is 10.0 Å². The summed E-state index contributed by atoms with van der Waals surface area (Å²) in [6.45, 7) is 3.92. The normalized spacial score (nSPS) is 16.3. The summed E-state index contributed by atoms with van der Waals surface area (Å²) in [5.74, 6) is 0. The second-order valence-electron chi connectivity index (χ2n) is 6.55. The molecule has 1 aliphatic rings. The third-order valence-electron chi connectivity index (χ3n) is 4.86. The summed E-state index contributed by atoms with van der Waals surface area (Å²) in [5, 5.41) is 0.987. The summed E-state index contributed by atoms with van der Waals surface area (Å²) >= 11 is 2.11. The molecule has 0 N–H and O–H groups in total. The fourth-order valence-electron chi connectivity index (χ4n) is 3.42. The molecule has 5 nitrogen and oxygen atoms in total. The summed E-state index contributed by atoms with van der Waals surface area (Å²) in [7, 11) is -1.50. The fourth-order valence-corrected chi connectivity index (χ4v) is 6.19. The zero-order valence-electron chi connectivity index (χ0n) is 14.5. The second-order valence-corrected chi connectivity index (χ2v) is 9.44. The largest absolute Gasteiger partial charge is 0.368 e. The maximum atomic E-state index is 13.2. The minimum Gasteiger partial charge on any atom is -0.368 e. The molecule has 136 valence electrons. The predicted molar refractivity (Wildman–Crippen MR) is 113 cm³/mol. The Hall–Kier alpha value is -1.58. The molecule has 4 rings (SSSR count). The average Bonchev–Trinajstić information content (AvgIpc) is 2.99. The maximum absolute atomic E-state index is 13.2. The number of benzene rings is 2. The van der Waals surface area contributed by atoms with Crippen molar-refractivity contribution in [3.05, 3.63) is 58.3 Å². The molecule has 0 saturated carbocycles. The van der Waals surface area contributed by atoms with Crippen molar-refractivity contribution in [3.63, 3.8) is 0 Å². The van der Waals surface area contributed by atoms with Crippen molar-refractivity contribution in [2.24, 2.45) is 0 Å². The van der Waals surface area contributed by atoms with Gasteiger partial charge in [-0.05, 0) is 60.0 Å². The highest BCUT2D eigenvalue weighted by Crippen LogP contribution is 2.33. The molecule has 0 atom stereocenters. The van der Waals surface area contributed by atoms with Gasteiger partial charge in [-0.2, -0.15) is 0 Å². The van der Waals surface area contributed by atoms with E-state index in [9.17, 15) is 8.42 Å². The quantitative estimate of drug-likeness (QED) is 0.539. The van der Waals surface area contributed by atoms with Crippen LogP contribution in [-0.4, -0.2) is 50.5 Å². The van der Waals surface area contributed by atoms with Crippen molar-refractivity contribution in [1.29, 1.82) is 0 Å². The van der Waals surface area contributed by atoms with E-state index in [2.05, 4.69) is 45.5 Å². The van der Waals surface area contributed by atoms with Crippen LogP contribution in [0.3, 0.4) is 0 Å². The number of nitrogens with zero attached hydrogens (tertiary/aromatic N) is 3. The van der Waals surface area contributed by atoms with Gasteiger partial charge in [0.05, 0.1) is 14.1 Å². The summed E-state index contributed by atoms with van der Waals surface area (Å²) in [4.78, 5) is 4.96. The summed E-state index contributed by atoms with van der Waals surface area (Å²) in [6, 6.07) is 16.5. The Morgan fingerprint density at radius 3 is 2.31 bits per heavy atom. The van der Waals surface area contributed by atoms with Crippen LogP contribution >= 0.6 is 22.6 Å². The Morgan fingerprint density at radius 2 is 1.62 bits per heavy atom. The highest BCUT2D eigenvalue weighted by molar-refractivity contribution is 14.1. The van der Waals surface area contributed by atoms with Gasteiger partial charge in [-0.15, -0.1) is 0 Å². The Kier molecular flexibility index (Phi) is 4.70. The van der Waals surface area contributed by atoms with Crippen molar-refractivity contribution in [1.82, 2.24) is 8.87 Å². The smallest absolute Gasteiger partial charge is 0.269 e. The maximum Gasteiger partial charge on any atom is 0.269 e. The highest BCUT2D eigenvalue weighted by Gasteiger charge is 2.24. The van der Waals surface area contributed by atoms with Gasteiger partial charge in [0, 0.05) is 37.3 Å². The van der Waals surface area contributed by atoms with Crippen molar-refractivity contribution in [2.75, 3.05) is 38.1 Å². The first-order valence-corrected chi connectivity index (χ1v) is 11.0. The molecule has 7 heteroatoms. The van der Waals surface area contributed by atoms with Crippen LogP contribution in [0.2, 0.25) is 0 Å². The number of likely N-dealkylation sites (N-methyl/N-ethyl adjacent to an activating group) is 1. The van der Waals surface area contributed by atoms with Gasteiger partial charge in [0.15, 0.2) is 0 Å². The van der Waals surface area contributed by atoms with Crippen LogP contribution in [-0.2, 0) is 10.0 Å². The Bertz CT molecular complexity index is 1040. The third-order valence-corrected chi connectivity index (χ3v) is 7.72. The molecule has 0 amide bonds. The van der Waals surface area contributed by atoms with Crippen LogP contribution in [0.15, 0.2) is 59.5 Å². The van der Waals surface area contributed by atoms with E-state index in [0.717, 1.165) is 42.8 Å². The van der Waals surface area contributed by atoms with E-state index >= 15 is 0 Å². The van der Waals surface area contributed by atoms with Gasteiger partial charge in [-0.1, -0.05) is 24.3 Å². The first-order valence-electron chi connectivity index (χ1n) is 8.52. The molecule has 0 unspecified atom stereocenters. The number of halogens is 1. The standard InChI is InChI=1S/C19H20IN3O2S/c1-21-10-12-22(13-11-21)17-8-5-9-18-16(17)14-19(20)23(18)26(24,25)15-6-3-2-4-7-15/h2-9,14H,10-13H2,1H3. The zero-order chi connectivity index (χ0) is 18.3. The molecular formula is C19H20IN3O2S. The molecule has 1 aliphatic heterocycles. The number of fused-ring (bicyclic) bond motifs is 1. The van der Waals surface area contributed by atoms with Gasteiger partial charge in [0.25, 0.3) is 10.0 Å². The van der Waals surface area contributed by atoms with Crippen molar-refractivity contribution >= 4 is 49.2 Å². The molecule has 2 aromatic carbocycles. The van der Waals surface area contributed by atoms with Gasteiger partial charge in [-0.3, -0.25) is 0 Å². The first kappa shape index (κ1) is 17.8. The molecule has 2 heterocycles. The lowest BCUT2D eigenvalue weighted by Gasteiger charge is -2.34. The molecule has 1 fully saturated rings. The van der Waals surface area contributed by atoms with Gasteiger partial charge in [0.1, 0.15) is 0 Å². The summed E-state index contributed by atoms with van der Waals surface area (Å²) in [6.07, 6.45) is 0. The number of aromatic nitrogens is 1. The van der Waals surface area contributed by atoms with Crippen molar-refractivity contribution in [2.45, 2.75) is 4.90 Å². The Labute approximate surface area is 167 Å². The van der Waals surface area contributed by atoms with E-state index in [1.165, 1.54) is 3.97 Å². The molecule has 0 bridgehead atoms.